The number of likely N-dealkylation sites (tertiary alicyclic amines) is 1. The van der Waals surface area contributed by atoms with Gasteiger partial charge in [-0.1, -0.05) is 35.5 Å². The van der Waals surface area contributed by atoms with E-state index in [9.17, 15) is 4.79 Å². The molecule has 1 saturated heterocycles. The first-order valence-electron chi connectivity index (χ1n) is 9.32. The van der Waals surface area contributed by atoms with E-state index in [1.165, 1.54) is 0 Å². The summed E-state index contributed by atoms with van der Waals surface area (Å²) in [6.45, 7) is 1.26. The molecule has 3 aromatic rings. The molecule has 144 valence electrons. The largest absolute Gasteiger partial charge is 0.497 e. The fourth-order valence-corrected chi connectivity index (χ4v) is 3.35. The molecule has 1 fully saturated rings. The van der Waals surface area contributed by atoms with E-state index < -0.39 is 0 Å². The lowest BCUT2D eigenvalue weighted by Crippen LogP contribution is -2.41. The summed E-state index contributed by atoms with van der Waals surface area (Å²) in [7, 11) is 1.61. The lowest BCUT2D eigenvalue weighted by atomic mass is 9.98. The number of hydrogen-bond acceptors (Lipinski definition) is 5. The van der Waals surface area contributed by atoms with E-state index in [0.29, 0.717) is 24.8 Å². The summed E-state index contributed by atoms with van der Waals surface area (Å²) in [6, 6.07) is 16.9. The minimum Gasteiger partial charge on any atom is -0.497 e. The van der Waals surface area contributed by atoms with Crippen LogP contribution in [-0.2, 0) is 0 Å². The summed E-state index contributed by atoms with van der Waals surface area (Å²) in [5.74, 6) is 1.96. The highest BCUT2D eigenvalue weighted by Crippen LogP contribution is 2.28. The molecule has 1 aromatic heterocycles. The van der Waals surface area contributed by atoms with Crippen LogP contribution in [0.25, 0.3) is 11.4 Å². The van der Waals surface area contributed by atoms with Gasteiger partial charge in [-0.3, -0.25) is 0 Å². The van der Waals surface area contributed by atoms with Crippen LogP contribution in [0.15, 0.2) is 59.1 Å². The smallest absolute Gasteiger partial charge is 0.321 e. The number of amides is 2. The summed E-state index contributed by atoms with van der Waals surface area (Å²) in [4.78, 5) is 19.0. The Morgan fingerprint density at radius 3 is 2.71 bits per heavy atom. The number of nitrogens with zero attached hydrogens (tertiary/aromatic N) is 3. The zero-order chi connectivity index (χ0) is 19.3. The van der Waals surface area contributed by atoms with Gasteiger partial charge in [-0.25, -0.2) is 4.79 Å². The van der Waals surface area contributed by atoms with E-state index >= 15 is 0 Å². The Hall–Kier alpha value is -3.35. The van der Waals surface area contributed by atoms with Crippen LogP contribution in [0, 0.1) is 0 Å². The third-order valence-electron chi connectivity index (χ3n) is 4.87. The summed E-state index contributed by atoms with van der Waals surface area (Å²) in [5, 5.41) is 7.03. The maximum atomic E-state index is 12.6. The molecule has 1 N–H and O–H groups in total. The van der Waals surface area contributed by atoms with Crippen molar-refractivity contribution in [1.82, 2.24) is 15.0 Å². The number of carbonyl (C=O) groups is 1. The zero-order valence-electron chi connectivity index (χ0n) is 15.7. The Morgan fingerprint density at radius 1 is 1.18 bits per heavy atom. The number of ether oxygens (including phenoxy) is 1. The van der Waals surface area contributed by atoms with Gasteiger partial charge in [-0.05, 0) is 37.1 Å². The number of hydrogen-bond donors (Lipinski definition) is 1. The molecule has 28 heavy (non-hydrogen) atoms. The van der Waals surface area contributed by atoms with Crippen molar-refractivity contribution in [3.05, 3.63) is 60.5 Å². The number of carbonyl (C=O) groups excluding carboxylic acids is 1. The molecule has 2 heterocycles. The third kappa shape index (κ3) is 3.98. The fourth-order valence-electron chi connectivity index (χ4n) is 3.35. The number of benzene rings is 2. The van der Waals surface area contributed by atoms with Gasteiger partial charge >= 0.3 is 6.03 Å². The van der Waals surface area contributed by atoms with Gasteiger partial charge in [0.1, 0.15) is 5.75 Å². The second-order valence-electron chi connectivity index (χ2n) is 6.77. The fraction of sp³-hybridized carbons (Fsp3) is 0.286. The van der Waals surface area contributed by atoms with Crippen molar-refractivity contribution in [2.45, 2.75) is 18.8 Å². The third-order valence-corrected chi connectivity index (χ3v) is 4.87. The summed E-state index contributed by atoms with van der Waals surface area (Å²) in [6.07, 6.45) is 1.81. The number of anilines is 1. The van der Waals surface area contributed by atoms with Crippen molar-refractivity contribution in [2.24, 2.45) is 0 Å². The van der Waals surface area contributed by atoms with Crippen molar-refractivity contribution in [3.8, 4) is 17.1 Å². The first-order valence-corrected chi connectivity index (χ1v) is 9.32. The summed E-state index contributed by atoms with van der Waals surface area (Å²) >= 11 is 0. The molecular weight excluding hydrogens is 356 g/mol. The van der Waals surface area contributed by atoms with Gasteiger partial charge in [-0.15, -0.1) is 0 Å². The van der Waals surface area contributed by atoms with E-state index in [1.807, 2.05) is 54.6 Å². The monoisotopic (exact) mass is 378 g/mol. The Balaban J connectivity index is 1.41. The lowest BCUT2D eigenvalue weighted by molar-refractivity contribution is 0.184. The van der Waals surface area contributed by atoms with Gasteiger partial charge in [0.15, 0.2) is 0 Å². The van der Waals surface area contributed by atoms with Gasteiger partial charge in [0, 0.05) is 24.3 Å². The average molecular weight is 378 g/mol. The number of piperidine rings is 1. The number of rotatable bonds is 4. The molecule has 0 saturated carbocycles. The van der Waals surface area contributed by atoms with Crippen LogP contribution in [0.4, 0.5) is 10.5 Å². The molecule has 1 unspecified atom stereocenters. The Labute approximate surface area is 163 Å². The minimum atomic E-state index is -0.127. The van der Waals surface area contributed by atoms with E-state index in [4.69, 9.17) is 9.26 Å². The molecule has 0 bridgehead atoms. The number of urea groups is 1. The molecule has 0 spiro atoms. The first-order chi connectivity index (χ1) is 13.7. The van der Waals surface area contributed by atoms with E-state index in [1.54, 1.807) is 12.0 Å². The molecule has 4 rings (SSSR count). The molecule has 0 aliphatic carbocycles. The van der Waals surface area contributed by atoms with Crippen molar-refractivity contribution in [3.63, 3.8) is 0 Å². The van der Waals surface area contributed by atoms with E-state index in [2.05, 4.69) is 15.5 Å². The maximum absolute atomic E-state index is 12.6. The summed E-state index contributed by atoms with van der Waals surface area (Å²) in [5.41, 5.74) is 1.65. The minimum absolute atomic E-state index is 0.0420. The maximum Gasteiger partial charge on any atom is 0.321 e. The van der Waals surface area contributed by atoms with Gasteiger partial charge < -0.3 is 19.5 Å². The number of methoxy groups -OCH3 is 1. The molecule has 1 aliphatic heterocycles. The molecule has 1 atom stereocenters. The number of nitrogens with one attached hydrogen (secondary N) is 1. The van der Waals surface area contributed by atoms with Crippen molar-refractivity contribution in [1.29, 1.82) is 0 Å². The van der Waals surface area contributed by atoms with Crippen LogP contribution in [-0.4, -0.2) is 41.3 Å². The van der Waals surface area contributed by atoms with Gasteiger partial charge in [0.05, 0.1) is 13.0 Å². The van der Waals surface area contributed by atoms with Crippen LogP contribution in [0.5, 0.6) is 5.75 Å². The molecular formula is C21H22N4O3. The Kier molecular flexibility index (Phi) is 5.23. The van der Waals surface area contributed by atoms with Gasteiger partial charge in [0.25, 0.3) is 0 Å². The molecule has 7 heteroatoms. The highest BCUT2D eigenvalue weighted by molar-refractivity contribution is 5.89. The van der Waals surface area contributed by atoms with Gasteiger partial charge in [-0.2, -0.15) is 4.98 Å². The SMILES string of the molecule is COc1ccc(NC(=O)N2CCCC(c3nc(-c4ccccc4)no3)C2)cc1. The quantitative estimate of drug-likeness (QED) is 0.737. The van der Waals surface area contributed by atoms with E-state index in [-0.39, 0.29) is 11.9 Å². The van der Waals surface area contributed by atoms with E-state index in [0.717, 1.165) is 29.8 Å². The molecule has 1 aliphatic rings. The second kappa shape index (κ2) is 8.12. The van der Waals surface area contributed by atoms with Crippen LogP contribution < -0.4 is 10.1 Å². The van der Waals surface area contributed by atoms with Crippen LogP contribution in [0.2, 0.25) is 0 Å². The second-order valence-corrected chi connectivity index (χ2v) is 6.77. The zero-order valence-corrected chi connectivity index (χ0v) is 15.7. The predicted octanol–water partition coefficient (Wildman–Crippen LogP) is 4.16. The topological polar surface area (TPSA) is 80.5 Å². The van der Waals surface area contributed by atoms with Crippen molar-refractivity contribution < 1.29 is 14.1 Å². The molecule has 7 nitrogen and oxygen atoms in total. The molecule has 2 amide bonds. The highest BCUT2D eigenvalue weighted by Gasteiger charge is 2.28. The molecule has 0 radical (unpaired) electrons. The Bertz CT molecular complexity index is 924. The first kappa shape index (κ1) is 18.0. The normalized spacial score (nSPS) is 16.6. The lowest BCUT2D eigenvalue weighted by Gasteiger charge is -2.31. The standard InChI is InChI=1S/C21H22N4O3/c1-27-18-11-9-17(10-12-18)22-21(26)25-13-5-8-16(14-25)20-23-19(24-28-20)15-6-3-2-4-7-15/h2-4,6-7,9-12,16H,5,8,13-14H2,1H3,(H,22,26). The average Bonchev–Trinajstić information content (AvgIpc) is 3.25. The molecule has 2 aromatic carbocycles. The van der Waals surface area contributed by atoms with Crippen LogP contribution >= 0.6 is 0 Å². The van der Waals surface area contributed by atoms with Crippen LogP contribution in [0.3, 0.4) is 0 Å². The van der Waals surface area contributed by atoms with Crippen LogP contribution in [0.1, 0.15) is 24.7 Å². The van der Waals surface area contributed by atoms with Crippen molar-refractivity contribution >= 4 is 11.7 Å². The van der Waals surface area contributed by atoms with Gasteiger partial charge in [0.2, 0.25) is 11.7 Å². The van der Waals surface area contributed by atoms with Crippen molar-refractivity contribution in [2.75, 3.05) is 25.5 Å². The highest BCUT2D eigenvalue weighted by atomic mass is 16.5. The number of aromatic nitrogens is 2. The predicted molar refractivity (Wildman–Crippen MR) is 105 cm³/mol. The Morgan fingerprint density at radius 2 is 1.96 bits per heavy atom. The summed E-state index contributed by atoms with van der Waals surface area (Å²) < 4.78 is 10.6.